The Morgan fingerprint density at radius 3 is 2.63 bits per heavy atom. The van der Waals surface area contributed by atoms with Gasteiger partial charge in [0.2, 0.25) is 0 Å². The van der Waals surface area contributed by atoms with Gasteiger partial charge < -0.3 is 4.90 Å². The van der Waals surface area contributed by atoms with Gasteiger partial charge in [0, 0.05) is 37.2 Å². The summed E-state index contributed by atoms with van der Waals surface area (Å²) < 4.78 is 0. The molecule has 1 heterocycles. The maximum absolute atomic E-state index is 12.0. The molecule has 0 unspecified atom stereocenters. The highest BCUT2D eigenvalue weighted by molar-refractivity contribution is 5.96. The number of hydrazone groups is 1. The fourth-order valence-electron chi connectivity index (χ4n) is 2.26. The monoisotopic (exact) mass is 259 g/mol. The van der Waals surface area contributed by atoms with Crippen molar-refractivity contribution in [3.63, 3.8) is 0 Å². The Labute approximate surface area is 114 Å². The molecule has 102 valence electrons. The van der Waals surface area contributed by atoms with Crippen LogP contribution in [0.25, 0.3) is 0 Å². The van der Waals surface area contributed by atoms with E-state index in [0.29, 0.717) is 5.56 Å². The first kappa shape index (κ1) is 13.7. The predicted molar refractivity (Wildman–Crippen MR) is 77.4 cm³/mol. The van der Waals surface area contributed by atoms with Gasteiger partial charge >= 0.3 is 0 Å². The van der Waals surface area contributed by atoms with Gasteiger partial charge in [-0.05, 0) is 25.1 Å². The number of rotatable bonds is 3. The van der Waals surface area contributed by atoms with Crippen LogP contribution in [0, 0.1) is 6.92 Å². The molecule has 1 N–H and O–H groups in total. The van der Waals surface area contributed by atoms with Gasteiger partial charge in [0.25, 0.3) is 5.91 Å². The zero-order valence-corrected chi connectivity index (χ0v) is 11.6. The van der Waals surface area contributed by atoms with Crippen molar-refractivity contribution >= 4 is 11.6 Å². The molecule has 1 aromatic rings. The van der Waals surface area contributed by atoms with Crippen LogP contribution in [0.15, 0.2) is 29.4 Å². The second kappa shape index (κ2) is 6.48. The van der Waals surface area contributed by atoms with E-state index < -0.39 is 0 Å². The lowest BCUT2D eigenvalue weighted by atomic mass is 10.1. The average Bonchev–Trinajstić information content (AvgIpc) is 2.46. The normalized spacial score (nSPS) is 16.2. The van der Waals surface area contributed by atoms with E-state index >= 15 is 0 Å². The SMILES string of the molecule is CCN1CCC(=NNC(=O)c2ccccc2C)CC1. The molecule has 1 amide bonds. The Morgan fingerprint density at radius 2 is 2.00 bits per heavy atom. The molecule has 1 fully saturated rings. The smallest absolute Gasteiger partial charge is 0.271 e. The van der Waals surface area contributed by atoms with Crippen LogP contribution in [-0.2, 0) is 0 Å². The maximum Gasteiger partial charge on any atom is 0.271 e. The van der Waals surface area contributed by atoms with Crippen LogP contribution < -0.4 is 5.43 Å². The number of nitrogens with zero attached hydrogens (tertiary/aromatic N) is 2. The van der Waals surface area contributed by atoms with Gasteiger partial charge in [-0.15, -0.1) is 0 Å². The van der Waals surface area contributed by atoms with E-state index in [4.69, 9.17) is 0 Å². The Balaban J connectivity index is 1.92. The third-order valence-electron chi connectivity index (χ3n) is 3.59. The summed E-state index contributed by atoms with van der Waals surface area (Å²) in [6.45, 7) is 7.26. The number of nitrogens with one attached hydrogen (secondary N) is 1. The lowest BCUT2D eigenvalue weighted by Gasteiger charge is -2.25. The number of carbonyl (C=O) groups excluding carboxylic acids is 1. The van der Waals surface area contributed by atoms with E-state index in [1.54, 1.807) is 0 Å². The van der Waals surface area contributed by atoms with E-state index in [-0.39, 0.29) is 5.91 Å². The summed E-state index contributed by atoms with van der Waals surface area (Å²) in [4.78, 5) is 14.4. The molecule has 0 bridgehead atoms. The number of likely N-dealkylation sites (tertiary alicyclic amines) is 1. The summed E-state index contributed by atoms with van der Waals surface area (Å²) in [5.41, 5.74) is 5.43. The van der Waals surface area contributed by atoms with E-state index in [0.717, 1.165) is 43.8 Å². The highest BCUT2D eigenvalue weighted by Gasteiger charge is 2.14. The molecule has 0 saturated carbocycles. The van der Waals surface area contributed by atoms with Crippen LogP contribution in [0.1, 0.15) is 35.7 Å². The number of benzene rings is 1. The number of hydrogen-bond acceptors (Lipinski definition) is 3. The van der Waals surface area contributed by atoms with Crippen LogP contribution in [0.4, 0.5) is 0 Å². The topological polar surface area (TPSA) is 44.7 Å². The zero-order chi connectivity index (χ0) is 13.7. The van der Waals surface area contributed by atoms with Gasteiger partial charge in [-0.3, -0.25) is 4.79 Å². The van der Waals surface area contributed by atoms with Crippen molar-refractivity contribution in [2.75, 3.05) is 19.6 Å². The zero-order valence-electron chi connectivity index (χ0n) is 11.6. The molecule has 1 aromatic carbocycles. The number of hydrogen-bond donors (Lipinski definition) is 1. The second-order valence-electron chi connectivity index (χ2n) is 4.87. The number of piperidine rings is 1. The van der Waals surface area contributed by atoms with Crippen molar-refractivity contribution < 1.29 is 4.79 Å². The summed E-state index contributed by atoms with van der Waals surface area (Å²) in [5, 5.41) is 4.26. The first-order valence-corrected chi connectivity index (χ1v) is 6.84. The summed E-state index contributed by atoms with van der Waals surface area (Å²) in [6.07, 6.45) is 1.89. The van der Waals surface area contributed by atoms with Crippen LogP contribution in [0.2, 0.25) is 0 Å². The first-order valence-electron chi connectivity index (χ1n) is 6.84. The Kier molecular flexibility index (Phi) is 4.68. The highest BCUT2D eigenvalue weighted by atomic mass is 16.2. The average molecular weight is 259 g/mol. The van der Waals surface area contributed by atoms with Gasteiger partial charge in [-0.2, -0.15) is 5.10 Å². The fraction of sp³-hybridized carbons (Fsp3) is 0.467. The molecule has 4 heteroatoms. The van der Waals surface area contributed by atoms with Crippen LogP contribution in [0.3, 0.4) is 0 Å². The summed E-state index contributed by atoms with van der Waals surface area (Å²) >= 11 is 0. The third-order valence-corrected chi connectivity index (χ3v) is 3.59. The number of carbonyl (C=O) groups is 1. The van der Waals surface area contributed by atoms with Crippen molar-refractivity contribution in [2.24, 2.45) is 5.10 Å². The molecule has 1 saturated heterocycles. The van der Waals surface area contributed by atoms with E-state index in [1.165, 1.54) is 0 Å². The quantitative estimate of drug-likeness (QED) is 0.846. The summed E-state index contributed by atoms with van der Waals surface area (Å²) in [5.74, 6) is -0.122. The fourth-order valence-corrected chi connectivity index (χ4v) is 2.26. The molecule has 0 spiro atoms. The molecule has 0 radical (unpaired) electrons. The molecule has 0 aliphatic carbocycles. The van der Waals surface area contributed by atoms with Gasteiger partial charge in [0.05, 0.1) is 0 Å². The van der Waals surface area contributed by atoms with E-state index in [9.17, 15) is 4.79 Å². The highest BCUT2D eigenvalue weighted by Crippen LogP contribution is 2.08. The molecule has 1 aliphatic rings. The van der Waals surface area contributed by atoms with Gasteiger partial charge in [0.1, 0.15) is 0 Å². The van der Waals surface area contributed by atoms with E-state index in [1.807, 2.05) is 31.2 Å². The number of aryl methyl sites for hydroxylation is 1. The number of amides is 1. The van der Waals surface area contributed by atoms with Crippen molar-refractivity contribution in [3.05, 3.63) is 35.4 Å². The van der Waals surface area contributed by atoms with Gasteiger partial charge in [-0.1, -0.05) is 25.1 Å². The molecule has 4 nitrogen and oxygen atoms in total. The maximum atomic E-state index is 12.0. The second-order valence-corrected chi connectivity index (χ2v) is 4.87. The van der Waals surface area contributed by atoms with Crippen LogP contribution in [-0.4, -0.2) is 36.2 Å². The molecule has 0 aromatic heterocycles. The van der Waals surface area contributed by atoms with Crippen LogP contribution in [0.5, 0.6) is 0 Å². The van der Waals surface area contributed by atoms with Crippen molar-refractivity contribution in [3.8, 4) is 0 Å². The van der Waals surface area contributed by atoms with Gasteiger partial charge in [0.15, 0.2) is 0 Å². The molecule has 19 heavy (non-hydrogen) atoms. The minimum absolute atomic E-state index is 0.122. The largest absolute Gasteiger partial charge is 0.303 e. The third kappa shape index (κ3) is 3.64. The predicted octanol–water partition coefficient (Wildman–Crippen LogP) is 2.20. The summed E-state index contributed by atoms with van der Waals surface area (Å²) in [6, 6.07) is 7.56. The van der Waals surface area contributed by atoms with E-state index in [2.05, 4.69) is 22.4 Å². The molecular weight excluding hydrogens is 238 g/mol. The summed E-state index contributed by atoms with van der Waals surface area (Å²) in [7, 11) is 0. The van der Waals surface area contributed by atoms with Crippen molar-refractivity contribution in [1.29, 1.82) is 0 Å². The standard InChI is InChI=1S/C15H21N3O/c1-3-18-10-8-13(9-11-18)16-17-15(19)14-7-5-4-6-12(14)2/h4-7H,3,8-11H2,1-2H3,(H,17,19). The lowest BCUT2D eigenvalue weighted by Crippen LogP contribution is -2.34. The molecular formula is C15H21N3O. The molecule has 2 rings (SSSR count). The Bertz CT molecular complexity index is 472. The minimum Gasteiger partial charge on any atom is -0.303 e. The van der Waals surface area contributed by atoms with Crippen molar-refractivity contribution in [1.82, 2.24) is 10.3 Å². The minimum atomic E-state index is -0.122. The van der Waals surface area contributed by atoms with Gasteiger partial charge in [-0.25, -0.2) is 5.43 Å². The van der Waals surface area contributed by atoms with Crippen LogP contribution >= 0.6 is 0 Å². The Morgan fingerprint density at radius 1 is 1.32 bits per heavy atom. The molecule has 1 aliphatic heterocycles. The lowest BCUT2D eigenvalue weighted by molar-refractivity contribution is 0.0954. The Hall–Kier alpha value is -1.68. The first-order chi connectivity index (χ1) is 9.20. The molecule has 0 atom stereocenters. The van der Waals surface area contributed by atoms with Crippen molar-refractivity contribution in [2.45, 2.75) is 26.7 Å².